The number of hydrogen-bond donors (Lipinski definition) is 1. The van der Waals surface area contributed by atoms with Crippen molar-refractivity contribution in [2.45, 2.75) is 19.4 Å². The van der Waals surface area contributed by atoms with Crippen LogP contribution in [0.4, 0.5) is 0 Å². The molecule has 0 radical (unpaired) electrons. The lowest BCUT2D eigenvalue weighted by Gasteiger charge is -2.14. The Morgan fingerprint density at radius 1 is 1.48 bits per heavy atom. The Morgan fingerprint density at radius 2 is 2.24 bits per heavy atom. The van der Waals surface area contributed by atoms with Gasteiger partial charge in [0.1, 0.15) is 10.7 Å². The molecule has 6 nitrogen and oxygen atoms in total. The van der Waals surface area contributed by atoms with Crippen molar-refractivity contribution in [2.24, 2.45) is 17.8 Å². The number of aliphatic carboxylic acids is 1. The number of carboxylic acids is 1. The Labute approximate surface area is 126 Å². The third-order valence-corrected chi connectivity index (χ3v) is 5.06. The Bertz CT molecular complexity index is 555. The van der Waals surface area contributed by atoms with Crippen LogP contribution in [0.1, 0.15) is 28.3 Å². The smallest absolute Gasteiger partial charge is 0.308 e. The van der Waals surface area contributed by atoms with Crippen molar-refractivity contribution < 1.29 is 19.4 Å². The number of rotatable bonds is 5. The monoisotopic (exact) mass is 310 g/mol. The summed E-state index contributed by atoms with van der Waals surface area (Å²) < 4.78 is 5.00. The summed E-state index contributed by atoms with van der Waals surface area (Å²) >= 11 is 1.39. The molecule has 1 aromatic heterocycles. The van der Waals surface area contributed by atoms with Crippen LogP contribution in [0.15, 0.2) is 5.38 Å². The molecule has 3 rings (SSSR count). The predicted octanol–water partition coefficient (Wildman–Crippen LogP) is 1.47. The lowest BCUT2D eigenvalue weighted by atomic mass is 9.92. The van der Waals surface area contributed by atoms with E-state index in [2.05, 4.69) is 4.98 Å². The minimum Gasteiger partial charge on any atom is -0.481 e. The molecule has 21 heavy (non-hydrogen) atoms. The molecule has 1 N–H and O–H groups in total. The van der Waals surface area contributed by atoms with E-state index in [1.165, 1.54) is 11.3 Å². The largest absolute Gasteiger partial charge is 0.481 e. The van der Waals surface area contributed by atoms with Gasteiger partial charge in [0.05, 0.1) is 12.5 Å². The summed E-state index contributed by atoms with van der Waals surface area (Å²) in [6.07, 6.45) is 2.18. The number of amides is 1. The molecule has 0 bridgehead atoms. The van der Waals surface area contributed by atoms with Crippen LogP contribution < -0.4 is 0 Å². The lowest BCUT2D eigenvalue weighted by Crippen LogP contribution is -2.30. The van der Waals surface area contributed by atoms with Crippen molar-refractivity contribution in [3.8, 4) is 0 Å². The zero-order chi connectivity index (χ0) is 15.0. The quantitative estimate of drug-likeness (QED) is 0.891. The number of aromatic nitrogens is 1. The summed E-state index contributed by atoms with van der Waals surface area (Å²) in [6.45, 7) is 1.23. The topological polar surface area (TPSA) is 79.7 Å². The van der Waals surface area contributed by atoms with Gasteiger partial charge in [-0.3, -0.25) is 9.59 Å². The van der Waals surface area contributed by atoms with Crippen LogP contribution in [0, 0.1) is 17.8 Å². The second-order valence-electron chi connectivity index (χ2n) is 5.72. The van der Waals surface area contributed by atoms with Gasteiger partial charge in [-0.15, -0.1) is 11.3 Å². The van der Waals surface area contributed by atoms with E-state index in [1.807, 2.05) is 0 Å². The highest BCUT2D eigenvalue weighted by Gasteiger charge is 2.47. The van der Waals surface area contributed by atoms with E-state index in [0.29, 0.717) is 31.3 Å². The first-order valence-electron chi connectivity index (χ1n) is 7.05. The molecule has 1 aromatic rings. The van der Waals surface area contributed by atoms with E-state index in [9.17, 15) is 14.7 Å². The minimum absolute atomic E-state index is 0.100. The first-order chi connectivity index (χ1) is 10.1. The molecule has 0 aromatic carbocycles. The van der Waals surface area contributed by atoms with Crippen molar-refractivity contribution >= 4 is 23.2 Å². The first kappa shape index (κ1) is 14.5. The normalized spacial score (nSPS) is 25.3. The highest BCUT2D eigenvalue weighted by molar-refractivity contribution is 7.09. The van der Waals surface area contributed by atoms with Crippen LogP contribution in [-0.2, 0) is 16.1 Å². The number of thiazole rings is 1. The number of methoxy groups -OCH3 is 1. The second-order valence-corrected chi connectivity index (χ2v) is 6.66. The highest BCUT2D eigenvalue weighted by Crippen LogP contribution is 2.44. The zero-order valence-electron chi connectivity index (χ0n) is 11.8. The van der Waals surface area contributed by atoms with Gasteiger partial charge in [-0.25, -0.2) is 4.98 Å². The van der Waals surface area contributed by atoms with Crippen LogP contribution in [0.3, 0.4) is 0 Å². The van der Waals surface area contributed by atoms with Gasteiger partial charge in [0.15, 0.2) is 0 Å². The zero-order valence-corrected chi connectivity index (χ0v) is 12.6. The molecule has 1 saturated heterocycles. The van der Waals surface area contributed by atoms with Crippen LogP contribution in [0.25, 0.3) is 0 Å². The lowest BCUT2D eigenvalue weighted by molar-refractivity contribution is -0.142. The summed E-state index contributed by atoms with van der Waals surface area (Å²) in [4.78, 5) is 29.7. The fourth-order valence-electron chi connectivity index (χ4n) is 3.02. The van der Waals surface area contributed by atoms with Gasteiger partial charge in [0, 0.05) is 25.6 Å². The molecule has 2 atom stereocenters. The maximum absolute atomic E-state index is 12.5. The number of nitrogens with zero attached hydrogens (tertiary/aromatic N) is 2. The maximum Gasteiger partial charge on any atom is 0.308 e. The van der Waals surface area contributed by atoms with E-state index in [4.69, 9.17) is 4.74 Å². The summed E-state index contributed by atoms with van der Waals surface area (Å²) in [7, 11) is 1.58. The first-order valence-corrected chi connectivity index (χ1v) is 7.93. The van der Waals surface area contributed by atoms with Gasteiger partial charge in [-0.1, -0.05) is 0 Å². The molecule has 2 aliphatic rings. The molecule has 1 aliphatic carbocycles. The average molecular weight is 310 g/mol. The fourth-order valence-corrected chi connectivity index (χ4v) is 3.76. The Balaban J connectivity index is 1.71. The molecular formula is C14H18N2O4S. The molecule has 2 fully saturated rings. The van der Waals surface area contributed by atoms with Gasteiger partial charge in [0.25, 0.3) is 5.91 Å². The van der Waals surface area contributed by atoms with Crippen molar-refractivity contribution in [1.82, 2.24) is 9.88 Å². The fraction of sp³-hybridized carbons (Fsp3) is 0.643. The van der Waals surface area contributed by atoms with Crippen molar-refractivity contribution in [3.63, 3.8) is 0 Å². The Kier molecular flexibility index (Phi) is 3.95. The number of carbonyl (C=O) groups excluding carboxylic acids is 1. The van der Waals surface area contributed by atoms with Gasteiger partial charge in [-0.05, 0) is 24.7 Å². The Hall–Kier alpha value is -1.47. The minimum atomic E-state index is -0.791. The Morgan fingerprint density at radius 3 is 2.86 bits per heavy atom. The second kappa shape index (κ2) is 5.73. The van der Waals surface area contributed by atoms with E-state index in [1.54, 1.807) is 17.4 Å². The standard InChI is InChI=1S/C14H18N2O4S/c1-20-6-12-15-11(7-21-12)13(17)16-4-9(8-2-3-8)10(5-16)14(18)19/h7-10H,2-6H2,1H3,(H,18,19)/t9-,10+/m1/s1. The molecule has 1 saturated carbocycles. The van der Waals surface area contributed by atoms with Crippen molar-refractivity contribution in [1.29, 1.82) is 0 Å². The number of carboxylic acid groups (broad SMARTS) is 1. The van der Waals surface area contributed by atoms with E-state index in [0.717, 1.165) is 17.8 Å². The van der Waals surface area contributed by atoms with Gasteiger partial charge >= 0.3 is 5.97 Å². The molecule has 7 heteroatoms. The third kappa shape index (κ3) is 2.94. The average Bonchev–Trinajstić information content (AvgIpc) is 3.02. The van der Waals surface area contributed by atoms with E-state index in [-0.39, 0.29) is 11.8 Å². The number of likely N-dealkylation sites (tertiary alicyclic amines) is 1. The van der Waals surface area contributed by atoms with Gasteiger partial charge < -0.3 is 14.7 Å². The van der Waals surface area contributed by atoms with Crippen LogP contribution in [0.2, 0.25) is 0 Å². The molecular weight excluding hydrogens is 292 g/mol. The SMILES string of the molecule is COCc1nc(C(=O)N2C[C@H](C(=O)O)[C@@H](C3CC3)C2)cs1. The van der Waals surface area contributed by atoms with E-state index >= 15 is 0 Å². The summed E-state index contributed by atoms with van der Waals surface area (Å²) in [5, 5.41) is 11.8. The number of hydrogen-bond acceptors (Lipinski definition) is 5. The number of carbonyl (C=O) groups is 2. The molecule has 0 unspecified atom stereocenters. The van der Waals surface area contributed by atoms with Crippen LogP contribution in [-0.4, -0.2) is 47.1 Å². The summed E-state index contributed by atoms with van der Waals surface area (Å²) in [6, 6.07) is 0. The predicted molar refractivity (Wildman–Crippen MR) is 76.1 cm³/mol. The van der Waals surface area contributed by atoms with Gasteiger partial charge in [-0.2, -0.15) is 0 Å². The summed E-state index contributed by atoms with van der Waals surface area (Å²) in [5.41, 5.74) is 0.396. The molecule has 2 heterocycles. The molecule has 1 amide bonds. The molecule has 1 aliphatic heterocycles. The molecule has 114 valence electrons. The number of ether oxygens (including phenoxy) is 1. The summed E-state index contributed by atoms with van der Waals surface area (Å²) in [5.74, 6) is -0.811. The van der Waals surface area contributed by atoms with Crippen molar-refractivity contribution in [3.05, 3.63) is 16.1 Å². The molecule has 0 spiro atoms. The van der Waals surface area contributed by atoms with Gasteiger partial charge in [0.2, 0.25) is 0 Å². The third-order valence-electron chi connectivity index (χ3n) is 4.24. The maximum atomic E-state index is 12.5. The van der Waals surface area contributed by atoms with Crippen LogP contribution in [0.5, 0.6) is 0 Å². The highest BCUT2D eigenvalue weighted by atomic mass is 32.1. The van der Waals surface area contributed by atoms with Crippen LogP contribution >= 0.6 is 11.3 Å². The van der Waals surface area contributed by atoms with E-state index < -0.39 is 11.9 Å². The van der Waals surface area contributed by atoms with Crippen molar-refractivity contribution in [2.75, 3.05) is 20.2 Å².